The number of unbranched alkanes of at least 4 members (excludes halogenated alkanes) is 1. The van der Waals surface area contributed by atoms with Gasteiger partial charge in [-0.15, -0.1) is 0 Å². The molecule has 0 bridgehead atoms. The summed E-state index contributed by atoms with van der Waals surface area (Å²) in [6.45, 7) is 7.38. The van der Waals surface area contributed by atoms with Gasteiger partial charge in [0.2, 0.25) is 0 Å². The molecule has 3 aromatic rings. The Bertz CT molecular complexity index is 1160. The Morgan fingerprint density at radius 2 is 2.03 bits per heavy atom. The molecule has 2 heterocycles. The van der Waals surface area contributed by atoms with Crippen molar-refractivity contribution in [3.63, 3.8) is 0 Å². The molecule has 3 unspecified atom stereocenters. The molecule has 3 atom stereocenters. The monoisotopic (exact) mass is 519 g/mol. The van der Waals surface area contributed by atoms with E-state index in [4.69, 9.17) is 10.5 Å². The molecule has 0 amide bonds. The minimum Gasteiger partial charge on any atom is -0.463 e. The van der Waals surface area contributed by atoms with E-state index in [2.05, 4.69) is 62.9 Å². The van der Waals surface area contributed by atoms with Gasteiger partial charge in [0.05, 0.1) is 20.3 Å². The second kappa shape index (κ2) is 9.52. The lowest BCUT2D eigenvalue weighted by Gasteiger charge is -2.14. The van der Waals surface area contributed by atoms with Crippen molar-refractivity contribution in [2.24, 2.45) is 5.92 Å². The van der Waals surface area contributed by atoms with Crippen molar-refractivity contribution in [2.75, 3.05) is 19.0 Å². The highest BCUT2D eigenvalue weighted by Gasteiger charge is 2.46. The number of hydrogen-bond acceptors (Lipinski definition) is 6. The van der Waals surface area contributed by atoms with E-state index in [1.165, 1.54) is 0 Å². The van der Waals surface area contributed by atoms with Gasteiger partial charge in [-0.2, -0.15) is 9.97 Å². The van der Waals surface area contributed by atoms with Gasteiger partial charge in [-0.3, -0.25) is 4.57 Å². The molecule has 32 heavy (non-hydrogen) atoms. The zero-order valence-corrected chi connectivity index (χ0v) is 21.4. The van der Waals surface area contributed by atoms with Crippen LogP contribution in [0.2, 0.25) is 0 Å². The van der Waals surface area contributed by atoms with E-state index in [0.29, 0.717) is 52.6 Å². The lowest BCUT2D eigenvalue weighted by molar-refractivity contribution is 0.286. The molecule has 4 rings (SSSR count). The number of aromatic nitrogens is 4. The summed E-state index contributed by atoms with van der Waals surface area (Å²) in [6.07, 6.45) is 4.85. The van der Waals surface area contributed by atoms with Crippen LogP contribution in [0.15, 0.2) is 29.0 Å². The van der Waals surface area contributed by atoms with Gasteiger partial charge in [0.25, 0.3) is 0 Å². The van der Waals surface area contributed by atoms with Gasteiger partial charge < -0.3 is 15.0 Å². The maximum Gasteiger partial charge on any atom is 0.320 e. The first kappa shape index (κ1) is 23.2. The Morgan fingerprint density at radius 3 is 2.75 bits per heavy atom. The van der Waals surface area contributed by atoms with Gasteiger partial charge in [-0.05, 0) is 52.5 Å². The average Bonchev–Trinajstić information content (AvgIpc) is 3.49. The largest absolute Gasteiger partial charge is 0.463 e. The number of halogens is 1. The molecule has 0 spiro atoms. The molecule has 1 saturated carbocycles. The summed E-state index contributed by atoms with van der Waals surface area (Å²) >= 11 is 3.54. The first-order valence-electron chi connectivity index (χ1n) is 11.3. The highest BCUT2D eigenvalue weighted by atomic mass is 79.9. The van der Waals surface area contributed by atoms with Gasteiger partial charge in [-0.25, -0.2) is 4.98 Å². The average molecular weight is 520 g/mol. The van der Waals surface area contributed by atoms with Crippen LogP contribution in [0.3, 0.4) is 0 Å². The smallest absolute Gasteiger partial charge is 0.320 e. The molecule has 7 nitrogen and oxygen atoms in total. The lowest BCUT2D eigenvalue weighted by Crippen LogP contribution is -2.06. The number of fused-ring (bicyclic) bond motifs is 1. The van der Waals surface area contributed by atoms with Gasteiger partial charge in [0.1, 0.15) is 0 Å². The van der Waals surface area contributed by atoms with Crippen LogP contribution in [-0.2, 0) is 17.3 Å². The summed E-state index contributed by atoms with van der Waals surface area (Å²) in [5, 5.41) is 0. The van der Waals surface area contributed by atoms with Crippen LogP contribution in [0.5, 0.6) is 6.01 Å². The van der Waals surface area contributed by atoms with Crippen molar-refractivity contribution in [1.29, 1.82) is 0 Å². The van der Waals surface area contributed by atoms with E-state index in [0.717, 1.165) is 36.8 Å². The van der Waals surface area contributed by atoms with E-state index >= 15 is 0 Å². The zero-order chi connectivity index (χ0) is 22.9. The van der Waals surface area contributed by atoms with E-state index < -0.39 is 7.14 Å². The number of rotatable bonds is 10. The van der Waals surface area contributed by atoms with E-state index in [9.17, 15) is 4.57 Å². The summed E-state index contributed by atoms with van der Waals surface area (Å²) in [7, 11) is -2.20. The van der Waals surface area contributed by atoms with Crippen LogP contribution >= 0.6 is 23.1 Å². The predicted molar refractivity (Wildman–Crippen MR) is 133 cm³/mol. The van der Waals surface area contributed by atoms with Gasteiger partial charge in [0, 0.05) is 11.8 Å². The maximum absolute atomic E-state index is 13.3. The van der Waals surface area contributed by atoms with Crippen molar-refractivity contribution >= 4 is 40.1 Å². The highest BCUT2D eigenvalue weighted by Crippen LogP contribution is 2.64. The number of anilines is 1. The van der Waals surface area contributed by atoms with E-state index in [1.807, 2.05) is 17.3 Å². The Kier molecular flexibility index (Phi) is 6.91. The van der Waals surface area contributed by atoms with Crippen LogP contribution in [0.25, 0.3) is 11.2 Å². The van der Waals surface area contributed by atoms with Crippen LogP contribution in [0, 0.1) is 5.92 Å². The van der Waals surface area contributed by atoms with E-state index in [-0.39, 0.29) is 6.01 Å². The molecule has 172 valence electrons. The number of ether oxygens (including phenoxy) is 1. The number of imidazole rings is 1. The van der Waals surface area contributed by atoms with Gasteiger partial charge in [0.15, 0.2) is 21.7 Å². The molecule has 2 aromatic heterocycles. The Hall–Kier alpha value is -1.92. The highest BCUT2D eigenvalue weighted by molar-refractivity contribution is 9.10. The number of nitrogens with two attached hydrogens (primary N) is 1. The molecular weight excluding hydrogens is 489 g/mol. The molecule has 1 fully saturated rings. The van der Waals surface area contributed by atoms with Crippen LogP contribution in [0.4, 0.5) is 5.82 Å². The number of benzene rings is 1. The van der Waals surface area contributed by atoms with Crippen molar-refractivity contribution in [3.8, 4) is 6.01 Å². The first-order valence-corrected chi connectivity index (χ1v) is 14.5. The Labute approximate surface area is 197 Å². The van der Waals surface area contributed by atoms with Crippen molar-refractivity contribution in [1.82, 2.24) is 19.5 Å². The summed E-state index contributed by atoms with van der Waals surface area (Å²) in [5.74, 6) is 0.942. The third-order valence-electron chi connectivity index (χ3n) is 6.22. The summed E-state index contributed by atoms with van der Waals surface area (Å²) in [6, 6.07) is 8.58. The molecule has 2 N–H and O–H groups in total. The van der Waals surface area contributed by atoms with Crippen molar-refractivity contribution in [2.45, 2.75) is 57.9 Å². The predicted octanol–water partition coefficient (Wildman–Crippen LogP) is 5.69. The fourth-order valence-electron chi connectivity index (χ4n) is 4.32. The fraction of sp³-hybridized carbons (Fsp3) is 0.522. The third-order valence-corrected chi connectivity index (χ3v) is 9.86. The van der Waals surface area contributed by atoms with E-state index in [1.54, 1.807) is 0 Å². The zero-order valence-electron chi connectivity index (χ0n) is 18.9. The number of nitrogens with zero attached hydrogens (tertiary/aromatic N) is 4. The van der Waals surface area contributed by atoms with Gasteiger partial charge >= 0.3 is 6.01 Å². The van der Waals surface area contributed by atoms with Gasteiger partial charge in [-0.1, -0.05) is 51.0 Å². The number of nitrogen functional groups attached to an aromatic ring is 1. The lowest BCUT2D eigenvalue weighted by atomic mass is 10.1. The fourth-order valence-corrected chi connectivity index (χ4v) is 7.76. The summed E-state index contributed by atoms with van der Waals surface area (Å²) in [4.78, 5) is 13.3. The molecule has 0 radical (unpaired) electrons. The molecule has 0 aliphatic heterocycles. The summed E-state index contributed by atoms with van der Waals surface area (Å²) in [5.41, 5.74) is 9.92. The van der Waals surface area contributed by atoms with Crippen LogP contribution in [-0.4, -0.2) is 38.4 Å². The Morgan fingerprint density at radius 1 is 1.25 bits per heavy atom. The Balaban J connectivity index is 1.57. The minimum absolute atomic E-state index is 0.271. The molecule has 1 aromatic carbocycles. The summed E-state index contributed by atoms with van der Waals surface area (Å²) < 4.78 is 21.6. The van der Waals surface area contributed by atoms with Crippen molar-refractivity contribution < 1.29 is 9.30 Å². The minimum atomic E-state index is -2.20. The molecule has 1 aliphatic rings. The second-order valence-electron chi connectivity index (χ2n) is 8.86. The van der Waals surface area contributed by atoms with Crippen LogP contribution in [0.1, 0.15) is 50.7 Å². The normalized spacial score (nSPS) is 19.8. The maximum atomic E-state index is 13.3. The van der Waals surface area contributed by atoms with Crippen LogP contribution < -0.4 is 10.5 Å². The quantitative estimate of drug-likeness (QED) is 0.210. The first-order chi connectivity index (χ1) is 15.3. The second-order valence-corrected chi connectivity index (χ2v) is 12.9. The molecular formula is C23H31BrN5O2P. The SMILES string of the molecule is CCCCOc1nc(N)c2nc(Br)n(Cc3cccc(CP(C)(=O)C4CC4CC)c3)c2n1. The third kappa shape index (κ3) is 5.01. The molecule has 0 saturated heterocycles. The topological polar surface area (TPSA) is 95.9 Å². The standard InChI is InChI=1S/C23H31BrN5O2P/c1-4-6-10-31-23-27-20(25)19-21(28-23)29(22(24)26-19)13-15-8-7-9-16(11-15)14-32(3,30)18-12-17(18)5-2/h7-9,11,17-18H,4-6,10,12-14H2,1-3H3,(H2,25,27,28). The molecule has 1 aliphatic carbocycles. The number of hydrogen-bond donors (Lipinski definition) is 1. The van der Waals surface area contributed by atoms with Crippen molar-refractivity contribution in [3.05, 3.63) is 40.1 Å². The molecule has 9 heteroatoms.